The lowest BCUT2D eigenvalue weighted by Gasteiger charge is -2.01. The zero-order valence-corrected chi connectivity index (χ0v) is 12.7. The molecule has 1 aromatic carbocycles. The van der Waals surface area contributed by atoms with Crippen LogP contribution in [0.1, 0.15) is 29.8 Å². The molecule has 0 amide bonds. The van der Waals surface area contributed by atoms with Gasteiger partial charge in [0.1, 0.15) is 5.01 Å². The molecule has 92 valence electrons. The van der Waals surface area contributed by atoms with Crippen molar-refractivity contribution in [3.05, 3.63) is 39.3 Å². The minimum Gasteiger partial charge on any atom is -0.241 e. The number of thiazole rings is 1. The lowest BCUT2D eigenvalue weighted by Crippen LogP contribution is -1.92. The normalized spacial score (nSPS) is 12.1. The van der Waals surface area contributed by atoms with E-state index in [4.69, 9.17) is 5.26 Å². The van der Waals surface area contributed by atoms with Gasteiger partial charge in [-0.2, -0.15) is 5.26 Å². The van der Waals surface area contributed by atoms with Gasteiger partial charge in [-0.15, -0.1) is 11.3 Å². The highest BCUT2D eigenvalue weighted by Gasteiger charge is 2.17. The third-order valence-electron chi connectivity index (χ3n) is 2.78. The lowest BCUT2D eigenvalue weighted by atomic mass is 10.1. The van der Waals surface area contributed by atoms with Crippen LogP contribution in [0.4, 0.5) is 0 Å². The molecule has 4 heteroatoms. The van der Waals surface area contributed by atoms with Crippen LogP contribution >= 0.6 is 27.3 Å². The fourth-order valence-electron chi connectivity index (χ4n) is 1.81. The number of aryl methyl sites for hydroxylation is 1. The molecule has 1 unspecified atom stereocenters. The molecule has 1 aromatic heterocycles. The largest absolute Gasteiger partial charge is 0.241 e. The molecule has 0 bridgehead atoms. The Morgan fingerprint density at radius 2 is 2.28 bits per heavy atom. The van der Waals surface area contributed by atoms with Gasteiger partial charge in [0.05, 0.1) is 17.7 Å². The molecule has 0 radical (unpaired) electrons. The van der Waals surface area contributed by atoms with Crippen molar-refractivity contribution in [3.63, 3.8) is 0 Å². The monoisotopic (exact) mass is 320 g/mol. The Labute approximate surface area is 119 Å². The summed E-state index contributed by atoms with van der Waals surface area (Å²) < 4.78 is 1.04. The maximum absolute atomic E-state index is 9.15. The molecule has 2 rings (SSSR count). The average molecular weight is 321 g/mol. The van der Waals surface area contributed by atoms with Crippen molar-refractivity contribution in [1.82, 2.24) is 4.98 Å². The fraction of sp³-hybridized carbons (Fsp3) is 0.286. The molecule has 1 heterocycles. The van der Waals surface area contributed by atoms with Gasteiger partial charge < -0.3 is 0 Å². The predicted molar refractivity (Wildman–Crippen MR) is 78.6 cm³/mol. The smallest absolute Gasteiger partial charge is 0.123 e. The molecule has 2 nitrogen and oxygen atoms in total. The summed E-state index contributed by atoms with van der Waals surface area (Å²) in [5, 5.41) is 10.1. The summed E-state index contributed by atoms with van der Waals surface area (Å²) >= 11 is 5.09. The standard InChI is InChI=1S/C14H13BrN2S/c1-3-10(8-16)13-9(2)17-14(18-13)11-5-4-6-12(15)7-11/h4-7,10H,3H2,1-2H3. The van der Waals surface area contributed by atoms with Gasteiger partial charge >= 0.3 is 0 Å². The molecule has 0 saturated heterocycles. The Balaban J connectivity index is 2.43. The Hall–Kier alpha value is -1.18. The quantitative estimate of drug-likeness (QED) is 0.806. The number of nitrogens with zero attached hydrogens (tertiary/aromatic N) is 2. The maximum atomic E-state index is 9.15. The van der Waals surface area contributed by atoms with E-state index in [0.717, 1.165) is 32.0 Å². The van der Waals surface area contributed by atoms with E-state index in [1.165, 1.54) is 0 Å². The van der Waals surface area contributed by atoms with Gasteiger partial charge in [0.25, 0.3) is 0 Å². The SMILES string of the molecule is CCC(C#N)c1sc(-c2cccc(Br)c2)nc1C. The summed E-state index contributed by atoms with van der Waals surface area (Å²) in [7, 11) is 0. The molecule has 0 saturated carbocycles. The van der Waals surface area contributed by atoms with Crippen LogP contribution in [-0.2, 0) is 0 Å². The first-order chi connectivity index (χ1) is 8.65. The van der Waals surface area contributed by atoms with Gasteiger partial charge in [-0.25, -0.2) is 4.98 Å². The second-order valence-electron chi connectivity index (χ2n) is 4.07. The summed E-state index contributed by atoms with van der Waals surface area (Å²) in [6, 6.07) is 10.4. The summed E-state index contributed by atoms with van der Waals surface area (Å²) in [6.45, 7) is 4.01. The second-order valence-corrected chi connectivity index (χ2v) is 6.02. The summed E-state index contributed by atoms with van der Waals surface area (Å²) in [5.41, 5.74) is 2.07. The Bertz CT molecular complexity index is 598. The van der Waals surface area contributed by atoms with Crippen molar-refractivity contribution in [1.29, 1.82) is 5.26 Å². The van der Waals surface area contributed by atoms with E-state index in [2.05, 4.69) is 33.0 Å². The molecular formula is C14H13BrN2S. The first kappa shape index (κ1) is 13.3. The molecular weight excluding hydrogens is 308 g/mol. The Kier molecular flexibility index (Phi) is 4.15. The molecule has 0 N–H and O–H groups in total. The third kappa shape index (κ3) is 2.63. The fourth-order valence-corrected chi connectivity index (χ4v) is 3.40. The van der Waals surface area contributed by atoms with Crippen LogP contribution < -0.4 is 0 Å². The summed E-state index contributed by atoms with van der Waals surface area (Å²) in [5.74, 6) is -0.0385. The van der Waals surface area contributed by atoms with E-state index in [1.54, 1.807) is 11.3 Å². The van der Waals surface area contributed by atoms with E-state index in [1.807, 2.05) is 32.0 Å². The zero-order chi connectivity index (χ0) is 13.1. The van der Waals surface area contributed by atoms with Gasteiger partial charge in [0, 0.05) is 14.9 Å². The van der Waals surface area contributed by atoms with E-state index in [0.29, 0.717) is 0 Å². The number of rotatable bonds is 3. The topological polar surface area (TPSA) is 36.7 Å². The number of benzene rings is 1. The second kappa shape index (κ2) is 5.64. The Morgan fingerprint density at radius 1 is 1.50 bits per heavy atom. The molecule has 0 aliphatic carbocycles. The number of hydrogen-bond acceptors (Lipinski definition) is 3. The predicted octanol–water partition coefficient (Wildman–Crippen LogP) is 4.90. The summed E-state index contributed by atoms with van der Waals surface area (Å²) in [6.07, 6.45) is 0.831. The van der Waals surface area contributed by atoms with Crippen LogP contribution in [-0.4, -0.2) is 4.98 Å². The number of aromatic nitrogens is 1. The van der Waals surface area contributed by atoms with Crippen LogP contribution in [0.3, 0.4) is 0 Å². The third-order valence-corrected chi connectivity index (χ3v) is 4.60. The summed E-state index contributed by atoms with van der Waals surface area (Å²) in [4.78, 5) is 5.68. The van der Waals surface area contributed by atoms with E-state index in [9.17, 15) is 0 Å². The van der Waals surface area contributed by atoms with Crippen molar-refractivity contribution in [2.75, 3.05) is 0 Å². The van der Waals surface area contributed by atoms with Gasteiger partial charge in [0.15, 0.2) is 0 Å². The van der Waals surface area contributed by atoms with E-state index in [-0.39, 0.29) is 5.92 Å². The highest BCUT2D eigenvalue weighted by Crippen LogP contribution is 2.34. The van der Waals surface area contributed by atoms with Crippen LogP contribution in [0.5, 0.6) is 0 Å². The van der Waals surface area contributed by atoms with Crippen LogP contribution in [0.25, 0.3) is 10.6 Å². The number of hydrogen-bond donors (Lipinski definition) is 0. The van der Waals surface area contributed by atoms with Gasteiger partial charge in [-0.1, -0.05) is 35.0 Å². The van der Waals surface area contributed by atoms with Gasteiger partial charge in [-0.3, -0.25) is 0 Å². The Morgan fingerprint density at radius 3 is 2.89 bits per heavy atom. The van der Waals surface area contributed by atoms with Crippen molar-refractivity contribution >= 4 is 27.3 Å². The minimum absolute atomic E-state index is 0.0385. The number of halogens is 1. The lowest BCUT2D eigenvalue weighted by molar-refractivity contribution is 0.824. The van der Waals surface area contributed by atoms with Crippen LogP contribution in [0.2, 0.25) is 0 Å². The van der Waals surface area contributed by atoms with E-state index < -0.39 is 0 Å². The molecule has 18 heavy (non-hydrogen) atoms. The first-order valence-corrected chi connectivity index (χ1v) is 7.39. The van der Waals surface area contributed by atoms with Crippen molar-refractivity contribution in [2.24, 2.45) is 0 Å². The van der Waals surface area contributed by atoms with Crippen molar-refractivity contribution in [2.45, 2.75) is 26.2 Å². The van der Waals surface area contributed by atoms with Crippen LogP contribution in [0.15, 0.2) is 28.7 Å². The van der Waals surface area contributed by atoms with Gasteiger partial charge in [-0.05, 0) is 25.5 Å². The molecule has 1 atom stereocenters. The van der Waals surface area contributed by atoms with E-state index >= 15 is 0 Å². The molecule has 0 fully saturated rings. The number of nitriles is 1. The molecule has 0 aliphatic heterocycles. The van der Waals surface area contributed by atoms with Gasteiger partial charge in [0.2, 0.25) is 0 Å². The molecule has 0 spiro atoms. The highest BCUT2D eigenvalue weighted by atomic mass is 79.9. The van der Waals surface area contributed by atoms with Crippen molar-refractivity contribution < 1.29 is 0 Å². The molecule has 2 aromatic rings. The maximum Gasteiger partial charge on any atom is 0.123 e. The van der Waals surface area contributed by atoms with Crippen molar-refractivity contribution in [3.8, 4) is 16.6 Å². The molecule has 0 aliphatic rings. The van der Waals surface area contributed by atoms with Crippen LogP contribution in [0, 0.1) is 18.3 Å². The zero-order valence-electron chi connectivity index (χ0n) is 10.3. The first-order valence-electron chi connectivity index (χ1n) is 5.78. The average Bonchev–Trinajstić information content (AvgIpc) is 2.74. The highest BCUT2D eigenvalue weighted by molar-refractivity contribution is 9.10. The minimum atomic E-state index is -0.0385.